The Kier molecular flexibility index (Phi) is 7.03. The zero-order valence-electron chi connectivity index (χ0n) is 12.1. The number of hydrogen-bond acceptors (Lipinski definition) is 3. The van der Waals surface area contributed by atoms with Crippen molar-refractivity contribution in [3.05, 3.63) is 30.1 Å². The molecule has 0 unspecified atom stereocenters. The molecule has 1 amide bonds. The lowest BCUT2D eigenvalue weighted by molar-refractivity contribution is -0.120. The van der Waals surface area contributed by atoms with E-state index in [4.69, 9.17) is 4.74 Å². The van der Waals surface area contributed by atoms with Gasteiger partial charge in [0.25, 0.3) is 0 Å². The SMILES string of the molecule is O=C(CCSc1ccc(F)cc1)NCCCOCC1CC1. The first-order valence-electron chi connectivity index (χ1n) is 7.47. The minimum absolute atomic E-state index is 0.0619. The molecule has 116 valence electrons. The van der Waals surface area contributed by atoms with Crippen LogP contribution in [0.3, 0.4) is 0 Å². The molecule has 1 N–H and O–H groups in total. The third kappa shape index (κ3) is 7.48. The van der Waals surface area contributed by atoms with E-state index >= 15 is 0 Å². The molecule has 21 heavy (non-hydrogen) atoms. The Morgan fingerprint density at radius 2 is 2.10 bits per heavy atom. The van der Waals surface area contributed by atoms with E-state index < -0.39 is 0 Å². The van der Waals surface area contributed by atoms with Gasteiger partial charge in [0.2, 0.25) is 5.91 Å². The van der Waals surface area contributed by atoms with Gasteiger partial charge in [-0.1, -0.05) is 0 Å². The summed E-state index contributed by atoms with van der Waals surface area (Å²) in [5, 5.41) is 2.89. The Morgan fingerprint density at radius 3 is 2.81 bits per heavy atom. The van der Waals surface area contributed by atoms with Crippen LogP contribution in [0.5, 0.6) is 0 Å². The van der Waals surface area contributed by atoms with Gasteiger partial charge in [0.15, 0.2) is 0 Å². The molecule has 0 bridgehead atoms. The molecular formula is C16H22FNO2S. The van der Waals surface area contributed by atoms with Crippen LogP contribution in [0.1, 0.15) is 25.7 Å². The number of carbonyl (C=O) groups excluding carboxylic acids is 1. The van der Waals surface area contributed by atoms with Crippen LogP contribution in [-0.4, -0.2) is 31.4 Å². The Hall–Kier alpha value is -1.07. The van der Waals surface area contributed by atoms with Gasteiger partial charge in [-0.3, -0.25) is 4.79 Å². The lowest BCUT2D eigenvalue weighted by Gasteiger charge is -2.06. The van der Waals surface area contributed by atoms with Crippen molar-refractivity contribution in [2.45, 2.75) is 30.6 Å². The fraction of sp³-hybridized carbons (Fsp3) is 0.562. The Labute approximate surface area is 129 Å². The van der Waals surface area contributed by atoms with Crippen molar-refractivity contribution in [1.82, 2.24) is 5.32 Å². The van der Waals surface area contributed by atoms with Gasteiger partial charge in [-0.05, 0) is 49.4 Å². The molecule has 2 rings (SSSR count). The highest BCUT2D eigenvalue weighted by atomic mass is 32.2. The molecule has 0 heterocycles. The molecule has 0 saturated heterocycles. The summed E-state index contributed by atoms with van der Waals surface area (Å²) in [4.78, 5) is 12.6. The van der Waals surface area contributed by atoms with Crippen LogP contribution in [0.25, 0.3) is 0 Å². The Balaban J connectivity index is 1.44. The number of carbonyl (C=O) groups is 1. The average Bonchev–Trinajstić information content (AvgIpc) is 3.29. The molecule has 1 aromatic rings. The largest absolute Gasteiger partial charge is 0.381 e. The highest BCUT2D eigenvalue weighted by molar-refractivity contribution is 7.99. The van der Waals surface area contributed by atoms with E-state index in [1.54, 1.807) is 23.9 Å². The first kappa shape index (κ1) is 16.3. The van der Waals surface area contributed by atoms with Gasteiger partial charge in [0.1, 0.15) is 5.82 Å². The topological polar surface area (TPSA) is 38.3 Å². The van der Waals surface area contributed by atoms with Gasteiger partial charge in [0, 0.05) is 36.8 Å². The number of benzene rings is 1. The molecule has 1 saturated carbocycles. The zero-order valence-corrected chi connectivity index (χ0v) is 13.0. The molecule has 1 aliphatic rings. The summed E-state index contributed by atoms with van der Waals surface area (Å²) in [5.74, 6) is 1.33. The molecule has 0 aliphatic heterocycles. The monoisotopic (exact) mass is 311 g/mol. The van der Waals surface area contributed by atoms with E-state index in [0.717, 1.165) is 30.4 Å². The number of halogens is 1. The highest BCUT2D eigenvalue weighted by Crippen LogP contribution is 2.28. The smallest absolute Gasteiger partial charge is 0.220 e. The van der Waals surface area contributed by atoms with Crippen LogP contribution >= 0.6 is 11.8 Å². The van der Waals surface area contributed by atoms with Crippen LogP contribution in [0.2, 0.25) is 0 Å². The summed E-state index contributed by atoms with van der Waals surface area (Å²) in [7, 11) is 0. The third-order valence-corrected chi connectivity index (χ3v) is 4.26. The number of hydrogen-bond donors (Lipinski definition) is 1. The van der Waals surface area contributed by atoms with Gasteiger partial charge < -0.3 is 10.1 Å². The second-order valence-corrected chi connectivity index (χ2v) is 6.44. The maximum atomic E-state index is 12.7. The first-order chi connectivity index (χ1) is 10.2. The van der Waals surface area contributed by atoms with Crippen LogP contribution in [-0.2, 0) is 9.53 Å². The second kappa shape index (κ2) is 9.05. The van der Waals surface area contributed by atoms with Crippen molar-refractivity contribution in [2.75, 3.05) is 25.5 Å². The quantitative estimate of drug-likeness (QED) is 0.532. The summed E-state index contributed by atoms with van der Waals surface area (Å²) in [6.45, 7) is 2.27. The van der Waals surface area contributed by atoms with Gasteiger partial charge >= 0.3 is 0 Å². The molecule has 0 atom stereocenters. The van der Waals surface area contributed by atoms with Crippen molar-refractivity contribution >= 4 is 17.7 Å². The number of nitrogens with one attached hydrogen (secondary N) is 1. The van der Waals surface area contributed by atoms with Crippen molar-refractivity contribution in [2.24, 2.45) is 5.92 Å². The van der Waals surface area contributed by atoms with Crippen LogP contribution < -0.4 is 5.32 Å². The normalized spacial score (nSPS) is 14.1. The number of ether oxygens (including phenoxy) is 1. The lowest BCUT2D eigenvalue weighted by atomic mass is 10.3. The number of amides is 1. The molecule has 0 aromatic heterocycles. The number of rotatable bonds is 10. The van der Waals surface area contributed by atoms with Crippen LogP contribution in [0, 0.1) is 11.7 Å². The predicted octanol–water partition coefficient (Wildman–Crippen LogP) is 3.24. The van der Waals surface area contributed by atoms with E-state index in [1.165, 1.54) is 25.0 Å². The van der Waals surface area contributed by atoms with E-state index in [9.17, 15) is 9.18 Å². The fourth-order valence-electron chi connectivity index (χ4n) is 1.82. The van der Waals surface area contributed by atoms with Crippen molar-refractivity contribution < 1.29 is 13.9 Å². The minimum atomic E-state index is -0.235. The summed E-state index contributed by atoms with van der Waals surface area (Å²) >= 11 is 1.56. The fourth-order valence-corrected chi connectivity index (χ4v) is 2.67. The van der Waals surface area contributed by atoms with Gasteiger partial charge in [-0.2, -0.15) is 0 Å². The zero-order chi connectivity index (χ0) is 14.9. The second-order valence-electron chi connectivity index (χ2n) is 5.27. The van der Waals surface area contributed by atoms with Crippen molar-refractivity contribution in [3.63, 3.8) is 0 Å². The minimum Gasteiger partial charge on any atom is -0.381 e. The molecule has 1 aromatic carbocycles. The van der Waals surface area contributed by atoms with Gasteiger partial charge in [0.05, 0.1) is 0 Å². The molecular weight excluding hydrogens is 289 g/mol. The summed E-state index contributed by atoms with van der Waals surface area (Å²) < 4.78 is 18.2. The average molecular weight is 311 g/mol. The molecule has 1 fully saturated rings. The molecule has 1 aliphatic carbocycles. The summed E-state index contributed by atoms with van der Waals surface area (Å²) in [5.41, 5.74) is 0. The van der Waals surface area contributed by atoms with Crippen molar-refractivity contribution in [3.8, 4) is 0 Å². The summed E-state index contributed by atoms with van der Waals surface area (Å²) in [6.07, 6.45) is 3.96. The van der Waals surface area contributed by atoms with Gasteiger partial charge in [-0.15, -0.1) is 11.8 Å². The standard InChI is InChI=1S/C16H22FNO2S/c17-14-4-6-15(7-5-14)21-11-8-16(19)18-9-1-10-20-12-13-2-3-13/h4-7,13H,1-3,8-12H2,(H,18,19). The van der Waals surface area contributed by atoms with Crippen LogP contribution in [0.4, 0.5) is 4.39 Å². The lowest BCUT2D eigenvalue weighted by Crippen LogP contribution is -2.25. The van der Waals surface area contributed by atoms with E-state index in [-0.39, 0.29) is 11.7 Å². The third-order valence-electron chi connectivity index (χ3n) is 3.25. The van der Waals surface area contributed by atoms with E-state index in [1.807, 2.05) is 0 Å². The highest BCUT2D eigenvalue weighted by Gasteiger charge is 2.20. The first-order valence-corrected chi connectivity index (χ1v) is 8.45. The van der Waals surface area contributed by atoms with Crippen molar-refractivity contribution in [1.29, 1.82) is 0 Å². The Bertz CT molecular complexity index is 434. The van der Waals surface area contributed by atoms with Crippen LogP contribution in [0.15, 0.2) is 29.2 Å². The maximum absolute atomic E-state index is 12.7. The predicted molar refractivity (Wildman–Crippen MR) is 82.9 cm³/mol. The van der Waals surface area contributed by atoms with Gasteiger partial charge in [-0.25, -0.2) is 4.39 Å². The molecule has 0 spiro atoms. The molecule has 3 nitrogen and oxygen atoms in total. The van der Waals surface area contributed by atoms with E-state index in [0.29, 0.717) is 18.7 Å². The van der Waals surface area contributed by atoms with E-state index in [2.05, 4.69) is 5.32 Å². The number of thioether (sulfide) groups is 1. The molecule has 0 radical (unpaired) electrons. The molecule has 5 heteroatoms. The maximum Gasteiger partial charge on any atom is 0.220 e. The summed E-state index contributed by atoms with van der Waals surface area (Å²) in [6, 6.07) is 6.33. The Morgan fingerprint density at radius 1 is 1.33 bits per heavy atom.